The summed E-state index contributed by atoms with van der Waals surface area (Å²) in [6.07, 6.45) is 0.983. The Hall–Kier alpha value is -0.730. The summed E-state index contributed by atoms with van der Waals surface area (Å²) in [4.78, 5) is 0. The van der Waals surface area contributed by atoms with E-state index in [0.717, 1.165) is 18.7 Å². The molecule has 0 aliphatic rings. The quantitative estimate of drug-likeness (QED) is 0.755. The molecule has 0 fully saturated rings. The Labute approximate surface area is 96.6 Å². The second kappa shape index (κ2) is 6.70. The lowest BCUT2D eigenvalue weighted by Gasteiger charge is -2.14. The molecule has 0 bridgehead atoms. The Morgan fingerprint density at radius 1 is 1.40 bits per heavy atom. The second-order valence-electron chi connectivity index (χ2n) is 3.57. The van der Waals surface area contributed by atoms with Crippen molar-refractivity contribution in [1.29, 1.82) is 0 Å². The van der Waals surface area contributed by atoms with E-state index in [-0.39, 0.29) is 0 Å². The van der Waals surface area contributed by atoms with Crippen LogP contribution in [0.25, 0.3) is 0 Å². The third-order valence-electron chi connectivity index (χ3n) is 2.38. The third kappa shape index (κ3) is 4.10. The SMILES string of the molecule is COc1ccccc1CNC(C)CCCl. The zero-order chi connectivity index (χ0) is 11.1. The summed E-state index contributed by atoms with van der Waals surface area (Å²) in [5.74, 6) is 1.63. The molecule has 0 radical (unpaired) electrons. The summed E-state index contributed by atoms with van der Waals surface area (Å²) in [6.45, 7) is 2.96. The van der Waals surface area contributed by atoms with Crippen LogP contribution in [0, 0.1) is 0 Å². The minimum Gasteiger partial charge on any atom is -0.496 e. The van der Waals surface area contributed by atoms with E-state index in [1.807, 2.05) is 18.2 Å². The molecule has 0 spiro atoms. The summed E-state index contributed by atoms with van der Waals surface area (Å²) in [5.41, 5.74) is 1.18. The van der Waals surface area contributed by atoms with E-state index in [9.17, 15) is 0 Å². The van der Waals surface area contributed by atoms with E-state index in [1.54, 1.807) is 7.11 Å². The zero-order valence-electron chi connectivity index (χ0n) is 9.29. The van der Waals surface area contributed by atoms with Crippen molar-refractivity contribution >= 4 is 11.6 Å². The van der Waals surface area contributed by atoms with Crippen LogP contribution in [0.1, 0.15) is 18.9 Å². The number of rotatable bonds is 6. The van der Waals surface area contributed by atoms with Gasteiger partial charge in [-0.2, -0.15) is 0 Å². The molecule has 2 nitrogen and oxygen atoms in total. The van der Waals surface area contributed by atoms with E-state index in [0.29, 0.717) is 11.9 Å². The van der Waals surface area contributed by atoms with Crippen molar-refractivity contribution in [2.75, 3.05) is 13.0 Å². The van der Waals surface area contributed by atoms with Crippen molar-refractivity contribution in [2.24, 2.45) is 0 Å². The van der Waals surface area contributed by atoms with Gasteiger partial charge in [-0.25, -0.2) is 0 Å². The molecule has 0 aromatic heterocycles. The average molecular weight is 228 g/mol. The highest BCUT2D eigenvalue weighted by atomic mass is 35.5. The van der Waals surface area contributed by atoms with Crippen molar-refractivity contribution in [3.63, 3.8) is 0 Å². The Bertz CT molecular complexity index is 291. The Balaban J connectivity index is 2.49. The minimum atomic E-state index is 0.437. The van der Waals surface area contributed by atoms with Crippen LogP contribution in [0.3, 0.4) is 0 Å². The summed E-state index contributed by atoms with van der Waals surface area (Å²) in [5, 5.41) is 3.41. The molecule has 1 unspecified atom stereocenters. The molecule has 1 aromatic rings. The van der Waals surface area contributed by atoms with Gasteiger partial charge in [-0.3, -0.25) is 0 Å². The first-order valence-corrected chi connectivity index (χ1v) is 5.72. The van der Waals surface area contributed by atoms with Crippen LogP contribution < -0.4 is 10.1 Å². The maximum absolute atomic E-state index is 5.67. The highest BCUT2D eigenvalue weighted by Crippen LogP contribution is 2.16. The molecule has 15 heavy (non-hydrogen) atoms. The molecule has 3 heteroatoms. The number of benzene rings is 1. The number of alkyl halides is 1. The number of ether oxygens (including phenoxy) is 1. The molecule has 0 saturated carbocycles. The first kappa shape index (κ1) is 12.3. The van der Waals surface area contributed by atoms with Crippen LogP contribution in [0.15, 0.2) is 24.3 Å². The molecule has 0 saturated heterocycles. The first-order valence-electron chi connectivity index (χ1n) is 5.19. The molecule has 1 atom stereocenters. The minimum absolute atomic E-state index is 0.437. The number of hydrogen-bond donors (Lipinski definition) is 1. The molecular formula is C12H18ClNO. The van der Waals surface area contributed by atoms with E-state index >= 15 is 0 Å². The summed E-state index contributed by atoms with van der Waals surface area (Å²) >= 11 is 5.67. The van der Waals surface area contributed by atoms with Gasteiger partial charge >= 0.3 is 0 Å². The van der Waals surface area contributed by atoms with Crippen molar-refractivity contribution in [3.05, 3.63) is 29.8 Å². The normalized spacial score (nSPS) is 12.5. The van der Waals surface area contributed by atoms with Crippen LogP contribution >= 0.6 is 11.6 Å². The number of methoxy groups -OCH3 is 1. The number of nitrogens with one attached hydrogen (secondary N) is 1. The molecule has 0 aliphatic heterocycles. The van der Waals surface area contributed by atoms with E-state index in [4.69, 9.17) is 16.3 Å². The second-order valence-corrected chi connectivity index (χ2v) is 3.95. The zero-order valence-corrected chi connectivity index (χ0v) is 10.1. The predicted octanol–water partition coefficient (Wildman–Crippen LogP) is 2.80. The number of hydrogen-bond acceptors (Lipinski definition) is 2. The van der Waals surface area contributed by atoms with Gasteiger partial charge < -0.3 is 10.1 Å². The van der Waals surface area contributed by atoms with E-state index < -0.39 is 0 Å². The maximum Gasteiger partial charge on any atom is 0.123 e. The van der Waals surface area contributed by atoms with Gasteiger partial charge in [0.25, 0.3) is 0 Å². The molecule has 0 amide bonds. The summed E-state index contributed by atoms with van der Waals surface area (Å²) < 4.78 is 5.27. The summed E-state index contributed by atoms with van der Waals surface area (Å²) in [6, 6.07) is 8.48. The van der Waals surface area contributed by atoms with Crippen LogP contribution in [0.5, 0.6) is 5.75 Å². The van der Waals surface area contributed by atoms with Gasteiger partial charge in [0.2, 0.25) is 0 Å². The van der Waals surface area contributed by atoms with Crippen LogP contribution in [0.4, 0.5) is 0 Å². The van der Waals surface area contributed by atoms with Crippen LogP contribution in [0.2, 0.25) is 0 Å². The van der Waals surface area contributed by atoms with Crippen LogP contribution in [-0.4, -0.2) is 19.0 Å². The highest BCUT2D eigenvalue weighted by Gasteiger charge is 2.04. The number of para-hydroxylation sites is 1. The topological polar surface area (TPSA) is 21.3 Å². The molecule has 1 N–H and O–H groups in total. The van der Waals surface area contributed by atoms with E-state index in [1.165, 1.54) is 5.56 Å². The smallest absolute Gasteiger partial charge is 0.123 e. The third-order valence-corrected chi connectivity index (χ3v) is 2.59. The lowest BCUT2D eigenvalue weighted by Crippen LogP contribution is -2.25. The number of halogens is 1. The average Bonchev–Trinajstić information content (AvgIpc) is 2.27. The van der Waals surface area contributed by atoms with Gasteiger partial charge in [0.05, 0.1) is 7.11 Å². The van der Waals surface area contributed by atoms with Gasteiger partial charge in [-0.15, -0.1) is 11.6 Å². The van der Waals surface area contributed by atoms with Gasteiger partial charge in [0, 0.05) is 24.0 Å². The van der Waals surface area contributed by atoms with Gasteiger partial charge in [-0.1, -0.05) is 18.2 Å². The Morgan fingerprint density at radius 3 is 2.80 bits per heavy atom. The lowest BCUT2D eigenvalue weighted by atomic mass is 10.2. The Morgan fingerprint density at radius 2 is 2.13 bits per heavy atom. The molecule has 0 aliphatic carbocycles. The maximum atomic E-state index is 5.67. The lowest BCUT2D eigenvalue weighted by molar-refractivity contribution is 0.405. The molecule has 1 rings (SSSR count). The van der Waals surface area contributed by atoms with Crippen LogP contribution in [-0.2, 0) is 6.54 Å². The monoisotopic (exact) mass is 227 g/mol. The van der Waals surface area contributed by atoms with Gasteiger partial charge in [0.15, 0.2) is 0 Å². The van der Waals surface area contributed by atoms with Gasteiger partial charge in [0.1, 0.15) is 5.75 Å². The first-order chi connectivity index (χ1) is 7.27. The fraction of sp³-hybridized carbons (Fsp3) is 0.500. The Kier molecular flexibility index (Phi) is 5.51. The fourth-order valence-electron chi connectivity index (χ4n) is 1.40. The predicted molar refractivity (Wildman–Crippen MR) is 64.6 cm³/mol. The van der Waals surface area contributed by atoms with Crippen molar-refractivity contribution in [1.82, 2.24) is 5.32 Å². The highest BCUT2D eigenvalue weighted by molar-refractivity contribution is 6.17. The molecular weight excluding hydrogens is 210 g/mol. The van der Waals surface area contributed by atoms with Crippen molar-refractivity contribution in [2.45, 2.75) is 25.9 Å². The molecule has 1 aromatic carbocycles. The fourth-order valence-corrected chi connectivity index (χ4v) is 1.73. The van der Waals surface area contributed by atoms with Gasteiger partial charge in [-0.05, 0) is 19.4 Å². The largest absolute Gasteiger partial charge is 0.496 e. The molecule has 0 heterocycles. The summed E-state index contributed by atoms with van der Waals surface area (Å²) in [7, 11) is 1.70. The van der Waals surface area contributed by atoms with Crippen molar-refractivity contribution < 1.29 is 4.74 Å². The van der Waals surface area contributed by atoms with Crippen molar-refractivity contribution in [3.8, 4) is 5.75 Å². The standard InChI is InChI=1S/C12H18ClNO/c1-10(7-8-13)14-9-11-5-3-4-6-12(11)15-2/h3-6,10,14H,7-9H2,1-2H3. The van der Waals surface area contributed by atoms with E-state index in [2.05, 4.69) is 18.3 Å². The molecule has 84 valence electrons.